The number of methoxy groups -OCH3 is 2. The van der Waals surface area contributed by atoms with E-state index in [4.69, 9.17) is 9.47 Å². The lowest BCUT2D eigenvalue weighted by Crippen LogP contribution is -2.41. The van der Waals surface area contributed by atoms with Crippen molar-refractivity contribution >= 4 is 21.7 Å². The van der Waals surface area contributed by atoms with E-state index in [1.54, 1.807) is 14.2 Å². The molecule has 0 aromatic heterocycles. The summed E-state index contributed by atoms with van der Waals surface area (Å²) < 4.78 is 11.5. The number of hydrogen-bond acceptors (Lipinski definition) is 3. The summed E-state index contributed by atoms with van der Waals surface area (Å²) in [6.07, 6.45) is 4.14. The monoisotopic (exact) mass is 326 g/mol. The van der Waals surface area contributed by atoms with E-state index in [-0.39, 0.29) is 11.4 Å². The van der Waals surface area contributed by atoms with E-state index in [0.29, 0.717) is 12.8 Å². The molecule has 0 heterocycles. The van der Waals surface area contributed by atoms with Gasteiger partial charge in [-0.3, -0.25) is 4.79 Å². The number of rotatable bonds is 6. The maximum absolute atomic E-state index is 12.1. The molecule has 1 aliphatic rings. The van der Waals surface area contributed by atoms with Crippen molar-refractivity contribution < 1.29 is 14.3 Å². The molecule has 0 N–H and O–H groups in total. The fraction of sp³-hybridized carbons (Fsp3) is 0.533. The molecule has 0 spiro atoms. The van der Waals surface area contributed by atoms with Crippen molar-refractivity contribution in [1.29, 1.82) is 0 Å². The smallest absolute Gasteiger partial charge is 0.140 e. The Morgan fingerprint density at radius 2 is 2.11 bits per heavy atom. The first kappa shape index (κ1) is 14.5. The summed E-state index contributed by atoms with van der Waals surface area (Å²) >= 11 is 3.44. The molecule has 1 aromatic carbocycles. The number of benzene rings is 1. The molecule has 1 aliphatic carbocycles. The first-order chi connectivity index (χ1) is 9.08. The van der Waals surface area contributed by atoms with Crippen LogP contribution in [0.5, 0.6) is 5.75 Å². The second-order valence-electron chi connectivity index (χ2n) is 5.10. The van der Waals surface area contributed by atoms with Crippen molar-refractivity contribution in [3.8, 4) is 5.75 Å². The van der Waals surface area contributed by atoms with Crippen LogP contribution in [0.3, 0.4) is 0 Å². The number of halogens is 1. The Morgan fingerprint density at radius 1 is 1.37 bits per heavy atom. The van der Waals surface area contributed by atoms with Gasteiger partial charge in [0.05, 0.1) is 17.2 Å². The zero-order chi connectivity index (χ0) is 13.9. The van der Waals surface area contributed by atoms with Crippen LogP contribution in [0.25, 0.3) is 0 Å². The molecule has 1 saturated carbocycles. The molecule has 0 atom stereocenters. The summed E-state index contributed by atoms with van der Waals surface area (Å²) in [6.45, 7) is 0. The summed E-state index contributed by atoms with van der Waals surface area (Å²) in [6, 6.07) is 5.75. The van der Waals surface area contributed by atoms with E-state index >= 15 is 0 Å². The predicted octanol–water partition coefficient (Wildman–Crippen LogP) is 3.53. The Kier molecular flexibility index (Phi) is 4.63. The largest absolute Gasteiger partial charge is 0.496 e. The number of hydrogen-bond donors (Lipinski definition) is 0. The van der Waals surface area contributed by atoms with Crippen molar-refractivity contribution in [3.63, 3.8) is 0 Å². The second-order valence-corrected chi connectivity index (χ2v) is 5.96. The molecule has 19 heavy (non-hydrogen) atoms. The lowest BCUT2D eigenvalue weighted by molar-refractivity contribution is -0.131. The number of Topliss-reactive ketones (excluding diaryl/α,β-unsaturated/α-hetero) is 1. The van der Waals surface area contributed by atoms with Gasteiger partial charge < -0.3 is 9.47 Å². The maximum Gasteiger partial charge on any atom is 0.140 e. The average Bonchev–Trinajstić information content (AvgIpc) is 2.34. The molecule has 0 saturated heterocycles. The van der Waals surface area contributed by atoms with Gasteiger partial charge in [0.25, 0.3) is 0 Å². The minimum Gasteiger partial charge on any atom is -0.496 e. The molecule has 0 radical (unpaired) electrons. The van der Waals surface area contributed by atoms with Gasteiger partial charge in [0.1, 0.15) is 11.5 Å². The third-order valence-electron chi connectivity index (χ3n) is 3.83. The molecule has 0 bridgehead atoms. The number of carbonyl (C=O) groups excluding carboxylic acids is 1. The van der Waals surface area contributed by atoms with Crippen LogP contribution in [-0.4, -0.2) is 25.6 Å². The van der Waals surface area contributed by atoms with Crippen molar-refractivity contribution in [2.75, 3.05) is 14.2 Å². The van der Waals surface area contributed by atoms with Crippen molar-refractivity contribution in [3.05, 3.63) is 28.2 Å². The topological polar surface area (TPSA) is 35.5 Å². The molecule has 2 rings (SSSR count). The molecular formula is C15H19BrO3. The van der Waals surface area contributed by atoms with Gasteiger partial charge in [0.2, 0.25) is 0 Å². The van der Waals surface area contributed by atoms with Gasteiger partial charge >= 0.3 is 0 Å². The van der Waals surface area contributed by atoms with Crippen molar-refractivity contribution in [2.24, 2.45) is 0 Å². The van der Waals surface area contributed by atoms with Crippen LogP contribution < -0.4 is 4.74 Å². The molecule has 1 fully saturated rings. The van der Waals surface area contributed by atoms with Gasteiger partial charge in [-0.1, -0.05) is 6.07 Å². The molecule has 4 heteroatoms. The van der Waals surface area contributed by atoms with Gasteiger partial charge in [-0.15, -0.1) is 0 Å². The number of ketones is 1. The van der Waals surface area contributed by atoms with Gasteiger partial charge in [-0.25, -0.2) is 0 Å². The van der Waals surface area contributed by atoms with E-state index in [0.717, 1.165) is 35.0 Å². The fourth-order valence-corrected chi connectivity index (χ4v) is 3.08. The van der Waals surface area contributed by atoms with Gasteiger partial charge in [-0.05, 0) is 52.9 Å². The fourth-order valence-electron chi connectivity index (χ4n) is 2.49. The molecule has 0 amide bonds. The zero-order valence-corrected chi connectivity index (χ0v) is 13.0. The predicted molar refractivity (Wildman–Crippen MR) is 77.6 cm³/mol. The summed E-state index contributed by atoms with van der Waals surface area (Å²) in [5, 5.41) is 0. The Labute approximate surface area is 122 Å². The first-order valence-electron chi connectivity index (χ1n) is 6.48. The highest BCUT2D eigenvalue weighted by Gasteiger charge is 2.38. The maximum atomic E-state index is 12.1. The Hall–Kier alpha value is -0.870. The van der Waals surface area contributed by atoms with E-state index in [1.807, 2.05) is 18.2 Å². The number of ether oxygens (including phenoxy) is 2. The number of carbonyl (C=O) groups is 1. The van der Waals surface area contributed by atoms with Gasteiger partial charge in [0.15, 0.2) is 0 Å². The Bertz CT molecular complexity index is 461. The average molecular weight is 327 g/mol. The molecule has 104 valence electrons. The van der Waals surface area contributed by atoms with Crippen LogP contribution in [-0.2, 0) is 16.0 Å². The standard InChI is InChI=1S/C15H19BrO3/c1-18-14-5-4-11(9-13(14)16)8-12(17)10-15(19-2)6-3-7-15/h4-5,9H,3,6-8,10H2,1-2H3. The van der Waals surface area contributed by atoms with E-state index in [1.165, 1.54) is 0 Å². The van der Waals surface area contributed by atoms with Crippen molar-refractivity contribution in [1.82, 2.24) is 0 Å². The van der Waals surface area contributed by atoms with Crippen LogP contribution in [0.4, 0.5) is 0 Å². The van der Waals surface area contributed by atoms with E-state index in [9.17, 15) is 4.79 Å². The third-order valence-corrected chi connectivity index (χ3v) is 4.45. The molecule has 0 unspecified atom stereocenters. The lowest BCUT2D eigenvalue weighted by Gasteiger charge is -2.40. The van der Waals surface area contributed by atoms with Gasteiger partial charge in [-0.2, -0.15) is 0 Å². The van der Waals surface area contributed by atoms with Crippen LogP contribution >= 0.6 is 15.9 Å². The third kappa shape index (κ3) is 3.37. The Morgan fingerprint density at radius 3 is 2.58 bits per heavy atom. The van der Waals surface area contributed by atoms with E-state index < -0.39 is 0 Å². The minimum atomic E-state index is -0.180. The lowest BCUT2D eigenvalue weighted by atomic mass is 9.76. The van der Waals surface area contributed by atoms with Crippen LogP contribution in [0, 0.1) is 0 Å². The molecule has 1 aromatic rings. The molecule has 3 nitrogen and oxygen atoms in total. The summed E-state index contributed by atoms with van der Waals surface area (Å²) in [7, 11) is 3.33. The summed E-state index contributed by atoms with van der Waals surface area (Å²) in [5.41, 5.74) is 0.823. The van der Waals surface area contributed by atoms with Crippen molar-refractivity contribution in [2.45, 2.75) is 37.7 Å². The highest BCUT2D eigenvalue weighted by atomic mass is 79.9. The Balaban J connectivity index is 1.97. The SMILES string of the molecule is COc1ccc(CC(=O)CC2(OC)CCC2)cc1Br. The quantitative estimate of drug-likeness (QED) is 0.802. The first-order valence-corrected chi connectivity index (χ1v) is 7.27. The second kappa shape index (κ2) is 6.06. The van der Waals surface area contributed by atoms with Crippen LogP contribution in [0.15, 0.2) is 22.7 Å². The van der Waals surface area contributed by atoms with Crippen LogP contribution in [0.2, 0.25) is 0 Å². The zero-order valence-electron chi connectivity index (χ0n) is 11.4. The molecule has 0 aliphatic heterocycles. The van der Waals surface area contributed by atoms with E-state index in [2.05, 4.69) is 15.9 Å². The summed E-state index contributed by atoms with van der Waals surface area (Å²) in [5.74, 6) is 1.02. The highest BCUT2D eigenvalue weighted by Crippen LogP contribution is 2.38. The summed E-state index contributed by atoms with van der Waals surface area (Å²) in [4.78, 5) is 12.1. The van der Waals surface area contributed by atoms with Gasteiger partial charge in [0, 0.05) is 20.0 Å². The minimum absolute atomic E-state index is 0.180. The van der Waals surface area contributed by atoms with Crippen LogP contribution in [0.1, 0.15) is 31.2 Å². The molecular weight excluding hydrogens is 308 g/mol. The highest BCUT2D eigenvalue weighted by molar-refractivity contribution is 9.10. The normalized spacial score (nSPS) is 16.8.